The second-order valence-electron chi connectivity index (χ2n) is 4.17. The number of benzene rings is 1. The van der Waals surface area contributed by atoms with Gasteiger partial charge in [0.25, 0.3) is 0 Å². The number of sulfonamides is 1. The van der Waals surface area contributed by atoms with Crippen LogP contribution >= 0.6 is 0 Å². The number of imidazole rings is 1. The lowest BCUT2D eigenvalue weighted by Gasteiger charge is -2.08. The van der Waals surface area contributed by atoms with Gasteiger partial charge in [-0.2, -0.15) is 0 Å². The topological polar surface area (TPSA) is 93.3 Å². The predicted octanol–water partition coefficient (Wildman–Crippen LogP) is 0.913. The fourth-order valence-corrected chi connectivity index (χ4v) is 2.59. The minimum Gasteiger partial charge on any atom is -0.491 e. The van der Waals surface area contributed by atoms with E-state index in [-0.39, 0.29) is 11.4 Å². The summed E-state index contributed by atoms with van der Waals surface area (Å²) in [5, 5.41) is 0. The van der Waals surface area contributed by atoms with Gasteiger partial charge in [-0.15, -0.1) is 0 Å². The molecule has 8 heteroatoms. The van der Waals surface area contributed by atoms with E-state index in [1.54, 1.807) is 31.6 Å². The molecule has 0 amide bonds. The zero-order valence-electron chi connectivity index (χ0n) is 11.6. The van der Waals surface area contributed by atoms with Crippen LogP contribution in [0, 0.1) is 0 Å². The summed E-state index contributed by atoms with van der Waals surface area (Å²) in [6.07, 6.45) is 3.20. The number of aromatic nitrogens is 2. The Kier molecular flexibility index (Phi) is 5.32. The molecule has 2 aromatic rings. The fourth-order valence-electron chi connectivity index (χ4n) is 1.60. The third-order valence-electron chi connectivity index (χ3n) is 2.67. The van der Waals surface area contributed by atoms with Crippen LogP contribution in [0.2, 0.25) is 0 Å². The summed E-state index contributed by atoms with van der Waals surface area (Å²) in [5.74, 6) is 1.15. The first-order chi connectivity index (χ1) is 10.1. The quantitative estimate of drug-likeness (QED) is 0.707. The molecule has 2 N–H and O–H groups in total. The van der Waals surface area contributed by atoms with Gasteiger partial charge in [-0.3, -0.25) is 0 Å². The van der Waals surface area contributed by atoms with E-state index in [0.717, 1.165) is 0 Å². The average Bonchev–Trinajstić information content (AvgIpc) is 3.00. The lowest BCUT2D eigenvalue weighted by molar-refractivity contribution is 0.146. The first kappa shape index (κ1) is 15.5. The van der Waals surface area contributed by atoms with Crippen molar-refractivity contribution in [2.45, 2.75) is 11.4 Å². The Morgan fingerprint density at radius 1 is 1.24 bits per heavy atom. The summed E-state index contributed by atoms with van der Waals surface area (Å²) in [4.78, 5) is 6.96. The molecule has 21 heavy (non-hydrogen) atoms. The van der Waals surface area contributed by atoms with Gasteiger partial charge in [0, 0.05) is 19.5 Å². The lowest BCUT2D eigenvalue weighted by Crippen LogP contribution is -2.23. The van der Waals surface area contributed by atoms with E-state index in [4.69, 9.17) is 9.47 Å². The van der Waals surface area contributed by atoms with Crippen LogP contribution in [-0.2, 0) is 21.3 Å². The molecule has 0 bridgehead atoms. The zero-order chi connectivity index (χ0) is 15.1. The van der Waals surface area contributed by atoms with Crippen LogP contribution in [0.1, 0.15) is 5.82 Å². The largest absolute Gasteiger partial charge is 0.491 e. The van der Waals surface area contributed by atoms with Crippen molar-refractivity contribution in [3.8, 4) is 5.75 Å². The lowest BCUT2D eigenvalue weighted by atomic mass is 10.3. The highest BCUT2D eigenvalue weighted by molar-refractivity contribution is 7.89. The molecule has 0 saturated carbocycles. The molecule has 0 spiro atoms. The van der Waals surface area contributed by atoms with Crippen molar-refractivity contribution < 1.29 is 17.9 Å². The van der Waals surface area contributed by atoms with E-state index < -0.39 is 10.0 Å². The van der Waals surface area contributed by atoms with Gasteiger partial charge in [0.15, 0.2) is 0 Å². The number of hydrogen-bond acceptors (Lipinski definition) is 5. The summed E-state index contributed by atoms with van der Waals surface area (Å²) in [5.41, 5.74) is 0. The zero-order valence-corrected chi connectivity index (χ0v) is 12.4. The number of H-pyrrole nitrogens is 1. The van der Waals surface area contributed by atoms with Gasteiger partial charge >= 0.3 is 0 Å². The summed E-state index contributed by atoms with van der Waals surface area (Å²) in [6.45, 7) is 1.01. The van der Waals surface area contributed by atoms with Gasteiger partial charge in [-0.05, 0) is 24.3 Å². The minimum absolute atomic E-state index is 0.113. The maximum Gasteiger partial charge on any atom is 0.240 e. The highest BCUT2D eigenvalue weighted by atomic mass is 32.2. The Labute approximate surface area is 123 Å². The van der Waals surface area contributed by atoms with Crippen LogP contribution in [-0.4, -0.2) is 38.7 Å². The van der Waals surface area contributed by atoms with E-state index in [1.165, 1.54) is 12.1 Å². The minimum atomic E-state index is -3.57. The first-order valence-corrected chi connectivity index (χ1v) is 7.80. The molecule has 114 valence electrons. The monoisotopic (exact) mass is 311 g/mol. The Morgan fingerprint density at radius 3 is 2.62 bits per heavy atom. The molecule has 1 aromatic carbocycles. The number of nitrogens with zero attached hydrogens (tertiary/aromatic N) is 1. The molecule has 1 heterocycles. The first-order valence-electron chi connectivity index (χ1n) is 6.31. The molecule has 0 saturated heterocycles. The third-order valence-corrected chi connectivity index (χ3v) is 4.09. The van der Waals surface area contributed by atoms with Crippen molar-refractivity contribution in [1.29, 1.82) is 0 Å². The number of nitrogens with one attached hydrogen (secondary N) is 2. The third kappa shape index (κ3) is 4.55. The highest BCUT2D eigenvalue weighted by Gasteiger charge is 2.14. The van der Waals surface area contributed by atoms with Crippen LogP contribution in [0.25, 0.3) is 0 Å². The van der Waals surface area contributed by atoms with Crippen LogP contribution < -0.4 is 9.46 Å². The molecule has 0 aliphatic heterocycles. The summed E-state index contributed by atoms with van der Waals surface area (Å²) < 4.78 is 36.9. The molecule has 0 radical (unpaired) electrons. The van der Waals surface area contributed by atoms with Crippen molar-refractivity contribution in [2.75, 3.05) is 20.3 Å². The number of methoxy groups -OCH3 is 1. The van der Waals surface area contributed by atoms with E-state index in [0.29, 0.717) is 24.8 Å². The Morgan fingerprint density at radius 2 is 2.00 bits per heavy atom. The molecule has 0 atom stereocenters. The fraction of sp³-hybridized carbons (Fsp3) is 0.308. The van der Waals surface area contributed by atoms with Crippen LogP contribution in [0.3, 0.4) is 0 Å². The van der Waals surface area contributed by atoms with Gasteiger partial charge < -0.3 is 14.5 Å². The predicted molar refractivity (Wildman–Crippen MR) is 76.4 cm³/mol. The van der Waals surface area contributed by atoms with Crippen molar-refractivity contribution in [3.05, 3.63) is 42.5 Å². The smallest absolute Gasteiger partial charge is 0.240 e. The molecular formula is C13H17N3O4S. The van der Waals surface area contributed by atoms with Crippen molar-refractivity contribution >= 4 is 10.0 Å². The molecule has 0 aliphatic carbocycles. The normalized spacial score (nSPS) is 11.5. The summed E-state index contributed by atoms with van der Waals surface area (Å²) in [7, 11) is -1.98. The van der Waals surface area contributed by atoms with E-state index in [1.807, 2.05) is 0 Å². The van der Waals surface area contributed by atoms with E-state index in [2.05, 4.69) is 14.7 Å². The molecule has 7 nitrogen and oxygen atoms in total. The van der Waals surface area contributed by atoms with E-state index in [9.17, 15) is 8.42 Å². The molecule has 0 aliphatic rings. The van der Waals surface area contributed by atoms with Crippen LogP contribution in [0.15, 0.2) is 41.6 Å². The Hall–Kier alpha value is -1.90. The summed E-state index contributed by atoms with van der Waals surface area (Å²) in [6, 6.07) is 6.20. The average molecular weight is 311 g/mol. The standard InChI is InChI=1S/C13H17N3O4S/c1-19-8-9-20-11-2-4-12(5-3-11)21(17,18)16-10-13-14-6-7-15-13/h2-7,16H,8-10H2,1H3,(H,14,15). The molecule has 0 fully saturated rings. The Bertz CT molecular complexity index is 639. The molecular weight excluding hydrogens is 294 g/mol. The number of aromatic amines is 1. The second-order valence-corrected chi connectivity index (χ2v) is 5.94. The molecule has 2 rings (SSSR count). The van der Waals surface area contributed by atoms with Gasteiger partial charge in [0.05, 0.1) is 18.0 Å². The number of ether oxygens (including phenoxy) is 2. The van der Waals surface area contributed by atoms with Crippen molar-refractivity contribution in [1.82, 2.24) is 14.7 Å². The van der Waals surface area contributed by atoms with E-state index >= 15 is 0 Å². The Balaban J connectivity index is 1.96. The van der Waals surface area contributed by atoms with Crippen molar-refractivity contribution in [2.24, 2.45) is 0 Å². The number of hydrogen-bond donors (Lipinski definition) is 2. The van der Waals surface area contributed by atoms with Gasteiger partial charge in [-0.1, -0.05) is 0 Å². The SMILES string of the molecule is COCCOc1ccc(S(=O)(=O)NCc2ncc[nH]2)cc1. The van der Waals surface area contributed by atoms with Gasteiger partial charge in [0.1, 0.15) is 18.2 Å². The van der Waals surface area contributed by atoms with Crippen LogP contribution in [0.5, 0.6) is 5.75 Å². The van der Waals surface area contributed by atoms with Crippen molar-refractivity contribution in [3.63, 3.8) is 0 Å². The van der Waals surface area contributed by atoms with Gasteiger partial charge in [-0.25, -0.2) is 18.1 Å². The molecule has 0 unspecified atom stereocenters. The maximum atomic E-state index is 12.1. The van der Waals surface area contributed by atoms with Gasteiger partial charge in [0.2, 0.25) is 10.0 Å². The highest BCUT2D eigenvalue weighted by Crippen LogP contribution is 2.16. The maximum absolute atomic E-state index is 12.1. The summed E-state index contributed by atoms with van der Waals surface area (Å²) >= 11 is 0. The number of rotatable bonds is 8. The van der Waals surface area contributed by atoms with Crippen LogP contribution in [0.4, 0.5) is 0 Å². The second kappa shape index (κ2) is 7.21. The molecule has 1 aromatic heterocycles.